The van der Waals surface area contributed by atoms with Crippen LogP contribution in [0.4, 0.5) is 0 Å². The summed E-state index contributed by atoms with van der Waals surface area (Å²) >= 11 is 2.26. The first-order valence-corrected chi connectivity index (χ1v) is 7.48. The van der Waals surface area contributed by atoms with Crippen LogP contribution in [0.5, 0.6) is 0 Å². The third-order valence-electron chi connectivity index (χ3n) is 3.60. The minimum Gasteiger partial charge on any atom is -0.381 e. The predicted octanol–water partition coefficient (Wildman–Crippen LogP) is 4.10. The number of aliphatic hydroxyl groups is 1. The van der Waals surface area contributed by atoms with Crippen LogP contribution >= 0.6 is 22.6 Å². The first kappa shape index (κ1) is 13.5. The number of hydrogen-bond donors (Lipinski definition) is 1. The van der Waals surface area contributed by atoms with E-state index in [0.717, 1.165) is 25.5 Å². The van der Waals surface area contributed by atoms with E-state index in [-0.39, 0.29) is 0 Å². The Morgan fingerprint density at radius 1 is 1.00 bits per heavy atom. The molecule has 3 aromatic rings. The van der Waals surface area contributed by atoms with E-state index in [1.807, 2.05) is 61.7 Å². The Morgan fingerprint density at radius 2 is 1.70 bits per heavy atom. The van der Waals surface area contributed by atoms with Crippen molar-refractivity contribution in [2.45, 2.75) is 12.5 Å². The maximum Gasteiger partial charge on any atom is 0.114 e. The van der Waals surface area contributed by atoms with Crippen LogP contribution in [-0.4, -0.2) is 10.1 Å². The van der Waals surface area contributed by atoms with Gasteiger partial charge in [-0.3, -0.25) is 4.98 Å². The summed E-state index contributed by atoms with van der Waals surface area (Å²) < 4.78 is 1.15. The molecule has 0 amide bonds. The van der Waals surface area contributed by atoms with E-state index in [1.54, 1.807) is 6.20 Å². The third-order valence-corrected chi connectivity index (χ3v) is 4.32. The molecule has 2 aromatic carbocycles. The quantitative estimate of drug-likeness (QED) is 0.685. The molecular formula is C17H14INO. The molecule has 0 aliphatic carbocycles. The Kier molecular flexibility index (Phi) is 3.48. The van der Waals surface area contributed by atoms with E-state index in [1.165, 1.54) is 0 Å². The standard InChI is InChI=1S/C17H14INO/c1-17(20,13-6-8-14(18)9-7-13)16-11-19-10-12-4-2-3-5-15(12)16/h2-11,20H,1H3. The van der Waals surface area contributed by atoms with Gasteiger partial charge in [0.25, 0.3) is 0 Å². The highest BCUT2D eigenvalue weighted by molar-refractivity contribution is 14.1. The van der Waals surface area contributed by atoms with Gasteiger partial charge in [0.15, 0.2) is 0 Å². The number of nitrogens with zero attached hydrogens (tertiary/aromatic N) is 1. The van der Waals surface area contributed by atoms with Gasteiger partial charge in [-0.25, -0.2) is 0 Å². The molecule has 0 saturated carbocycles. The van der Waals surface area contributed by atoms with Crippen molar-refractivity contribution < 1.29 is 5.11 Å². The van der Waals surface area contributed by atoms with Gasteiger partial charge in [-0.05, 0) is 52.6 Å². The maximum absolute atomic E-state index is 11.0. The molecule has 1 atom stereocenters. The van der Waals surface area contributed by atoms with Crippen molar-refractivity contribution >= 4 is 33.4 Å². The number of halogens is 1. The first-order valence-electron chi connectivity index (χ1n) is 6.41. The van der Waals surface area contributed by atoms with Gasteiger partial charge in [0.05, 0.1) is 0 Å². The zero-order valence-corrected chi connectivity index (χ0v) is 13.2. The van der Waals surface area contributed by atoms with Gasteiger partial charge in [0, 0.05) is 26.9 Å². The molecule has 1 N–H and O–H groups in total. The maximum atomic E-state index is 11.0. The highest BCUT2D eigenvalue weighted by atomic mass is 127. The van der Waals surface area contributed by atoms with E-state index >= 15 is 0 Å². The van der Waals surface area contributed by atoms with Gasteiger partial charge in [0.1, 0.15) is 5.60 Å². The monoisotopic (exact) mass is 375 g/mol. The Morgan fingerprint density at radius 3 is 2.45 bits per heavy atom. The molecule has 0 spiro atoms. The molecule has 1 unspecified atom stereocenters. The average molecular weight is 375 g/mol. The molecule has 2 nitrogen and oxygen atoms in total. The third kappa shape index (κ3) is 2.31. The number of rotatable bonds is 2. The van der Waals surface area contributed by atoms with E-state index < -0.39 is 5.60 Å². The molecule has 1 heterocycles. The summed E-state index contributed by atoms with van der Waals surface area (Å²) in [7, 11) is 0. The number of pyridine rings is 1. The molecule has 0 fully saturated rings. The van der Waals surface area contributed by atoms with Gasteiger partial charge >= 0.3 is 0 Å². The van der Waals surface area contributed by atoms with Crippen molar-refractivity contribution in [2.75, 3.05) is 0 Å². The van der Waals surface area contributed by atoms with Crippen LogP contribution in [0.2, 0.25) is 0 Å². The van der Waals surface area contributed by atoms with Crippen molar-refractivity contribution in [1.82, 2.24) is 4.98 Å². The van der Waals surface area contributed by atoms with E-state index in [9.17, 15) is 5.11 Å². The van der Waals surface area contributed by atoms with Crippen LogP contribution in [-0.2, 0) is 5.60 Å². The van der Waals surface area contributed by atoms with Gasteiger partial charge in [0.2, 0.25) is 0 Å². The normalized spacial score (nSPS) is 14.2. The first-order chi connectivity index (χ1) is 9.59. The summed E-state index contributed by atoms with van der Waals surface area (Å²) in [4.78, 5) is 4.26. The van der Waals surface area contributed by atoms with Gasteiger partial charge in [-0.15, -0.1) is 0 Å². The van der Waals surface area contributed by atoms with Crippen molar-refractivity contribution in [3.63, 3.8) is 0 Å². The highest BCUT2D eigenvalue weighted by Crippen LogP contribution is 2.33. The topological polar surface area (TPSA) is 33.1 Å². The SMILES string of the molecule is CC(O)(c1ccc(I)cc1)c1cncc2ccccc12. The smallest absolute Gasteiger partial charge is 0.114 e. The van der Waals surface area contributed by atoms with E-state index in [0.29, 0.717) is 0 Å². The molecule has 3 heteroatoms. The second-order valence-corrected chi connectivity index (χ2v) is 6.23. The average Bonchev–Trinajstić information content (AvgIpc) is 2.47. The zero-order chi connectivity index (χ0) is 14.2. The lowest BCUT2D eigenvalue weighted by molar-refractivity contribution is 0.103. The fraction of sp³-hybridized carbons (Fsp3) is 0.118. The molecule has 20 heavy (non-hydrogen) atoms. The summed E-state index contributed by atoms with van der Waals surface area (Å²) in [6.07, 6.45) is 3.57. The molecule has 0 aliphatic heterocycles. The summed E-state index contributed by atoms with van der Waals surface area (Å²) in [5.41, 5.74) is 0.644. The van der Waals surface area contributed by atoms with Crippen molar-refractivity contribution in [3.05, 3.63) is 75.6 Å². The molecule has 0 radical (unpaired) electrons. The highest BCUT2D eigenvalue weighted by Gasteiger charge is 2.27. The molecule has 0 saturated heterocycles. The molecule has 0 aliphatic rings. The summed E-state index contributed by atoms with van der Waals surface area (Å²) in [5, 5.41) is 13.1. The Labute approximate surface area is 131 Å². The predicted molar refractivity (Wildman–Crippen MR) is 89.6 cm³/mol. The summed E-state index contributed by atoms with van der Waals surface area (Å²) in [6.45, 7) is 1.82. The van der Waals surface area contributed by atoms with Crippen LogP contribution in [0.3, 0.4) is 0 Å². The molecular weight excluding hydrogens is 361 g/mol. The number of aromatic nitrogens is 1. The summed E-state index contributed by atoms with van der Waals surface area (Å²) in [5.74, 6) is 0. The van der Waals surface area contributed by atoms with Crippen LogP contribution < -0.4 is 0 Å². The van der Waals surface area contributed by atoms with Crippen molar-refractivity contribution in [3.8, 4) is 0 Å². The Hall–Kier alpha value is -1.46. The molecule has 3 rings (SSSR count). The number of fused-ring (bicyclic) bond motifs is 1. The minimum atomic E-state index is -1.06. The van der Waals surface area contributed by atoms with Crippen LogP contribution in [0.1, 0.15) is 18.1 Å². The Bertz CT molecular complexity index is 745. The molecule has 0 bridgehead atoms. The lowest BCUT2D eigenvalue weighted by Gasteiger charge is -2.25. The van der Waals surface area contributed by atoms with Crippen molar-refractivity contribution in [1.29, 1.82) is 0 Å². The fourth-order valence-corrected chi connectivity index (χ4v) is 2.79. The number of benzene rings is 2. The van der Waals surface area contributed by atoms with Crippen LogP contribution in [0.25, 0.3) is 10.8 Å². The Balaban J connectivity index is 2.20. The second-order valence-electron chi connectivity index (χ2n) is 4.99. The van der Waals surface area contributed by atoms with Crippen molar-refractivity contribution in [2.24, 2.45) is 0 Å². The minimum absolute atomic E-state index is 0.830. The van der Waals surface area contributed by atoms with Crippen LogP contribution in [0.15, 0.2) is 60.9 Å². The molecule has 100 valence electrons. The lowest BCUT2D eigenvalue weighted by atomic mass is 9.86. The van der Waals surface area contributed by atoms with Gasteiger partial charge in [-0.1, -0.05) is 36.4 Å². The van der Waals surface area contributed by atoms with Gasteiger partial charge in [-0.2, -0.15) is 0 Å². The number of hydrogen-bond acceptors (Lipinski definition) is 2. The van der Waals surface area contributed by atoms with Crippen LogP contribution in [0, 0.1) is 3.57 Å². The van der Waals surface area contributed by atoms with Gasteiger partial charge < -0.3 is 5.11 Å². The van der Waals surface area contributed by atoms with E-state index in [4.69, 9.17) is 0 Å². The summed E-state index contributed by atoms with van der Waals surface area (Å²) in [6, 6.07) is 15.9. The fourth-order valence-electron chi connectivity index (χ4n) is 2.43. The lowest BCUT2D eigenvalue weighted by Crippen LogP contribution is -2.23. The van der Waals surface area contributed by atoms with E-state index in [2.05, 4.69) is 27.6 Å². The second kappa shape index (κ2) is 5.14. The molecule has 1 aromatic heterocycles. The zero-order valence-electron chi connectivity index (χ0n) is 11.0. The largest absolute Gasteiger partial charge is 0.381 e.